The van der Waals surface area contributed by atoms with Crippen LogP contribution in [0, 0.1) is 11.8 Å². The standard InChI is InChI=1S/C17H21NO3/c19-16(13-8-2-3-9-14(13)17(20)21)18-11-5-7-12-6-1-4-10-15(12)18/h1,4,6,10,13-14H,2-3,5,7-9,11H2,(H,20,21)/t13-,14+/m1/s1. The molecular weight excluding hydrogens is 266 g/mol. The van der Waals surface area contributed by atoms with Crippen LogP contribution in [0.2, 0.25) is 0 Å². The second-order valence-electron chi connectivity index (χ2n) is 6.06. The predicted molar refractivity (Wildman–Crippen MR) is 80.2 cm³/mol. The highest BCUT2D eigenvalue weighted by molar-refractivity contribution is 5.98. The molecule has 0 unspecified atom stereocenters. The van der Waals surface area contributed by atoms with Gasteiger partial charge in [-0.15, -0.1) is 0 Å². The molecule has 1 saturated carbocycles. The molecule has 2 aliphatic rings. The smallest absolute Gasteiger partial charge is 0.307 e. The van der Waals surface area contributed by atoms with Gasteiger partial charge in [-0.2, -0.15) is 0 Å². The van der Waals surface area contributed by atoms with E-state index in [0.29, 0.717) is 19.4 Å². The fraction of sp³-hybridized carbons (Fsp3) is 0.529. The minimum atomic E-state index is -0.821. The fourth-order valence-electron chi connectivity index (χ4n) is 3.68. The van der Waals surface area contributed by atoms with Gasteiger partial charge in [-0.1, -0.05) is 31.0 Å². The summed E-state index contributed by atoms with van der Waals surface area (Å²) in [5.41, 5.74) is 2.17. The predicted octanol–water partition coefficient (Wildman–Crippen LogP) is 2.86. The van der Waals surface area contributed by atoms with Crippen LogP contribution >= 0.6 is 0 Å². The van der Waals surface area contributed by atoms with Gasteiger partial charge in [0.25, 0.3) is 0 Å². The Balaban J connectivity index is 1.86. The summed E-state index contributed by atoms with van der Waals surface area (Å²) in [7, 11) is 0. The monoisotopic (exact) mass is 287 g/mol. The first-order valence-electron chi connectivity index (χ1n) is 7.80. The molecule has 0 saturated heterocycles. The Morgan fingerprint density at radius 1 is 1.05 bits per heavy atom. The molecule has 1 aliphatic carbocycles. The van der Waals surface area contributed by atoms with Crippen molar-refractivity contribution in [2.24, 2.45) is 11.8 Å². The Kier molecular flexibility index (Phi) is 3.95. The molecule has 1 aromatic carbocycles. The number of anilines is 1. The van der Waals surface area contributed by atoms with E-state index < -0.39 is 11.9 Å². The lowest BCUT2D eigenvalue weighted by Gasteiger charge is -2.35. The molecule has 1 heterocycles. The molecule has 1 N–H and O–H groups in total. The molecule has 0 radical (unpaired) electrons. The van der Waals surface area contributed by atoms with Crippen LogP contribution in [0.25, 0.3) is 0 Å². The topological polar surface area (TPSA) is 57.6 Å². The van der Waals surface area contributed by atoms with Crippen molar-refractivity contribution in [3.8, 4) is 0 Å². The van der Waals surface area contributed by atoms with Crippen molar-refractivity contribution in [2.45, 2.75) is 38.5 Å². The molecule has 4 nitrogen and oxygen atoms in total. The highest BCUT2D eigenvalue weighted by atomic mass is 16.4. The number of para-hydroxylation sites is 1. The molecule has 0 bridgehead atoms. The van der Waals surface area contributed by atoms with E-state index in [2.05, 4.69) is 6.07 Å². The number of carboxylic acid groups (broad SMARTS) is 1. The van der Waals surface area contributed by atoms with Gasteiger partial charge in [0.2, 0.25) is 5.91 Å². The van der Waals surface area contributed by atoms with Crippen LogP contribution in [0.15, 0.2) is 24.3 Å². The van der Waals surface area contributed by atoms with Gasteiger partial charge < -0.3 is 10.0 Å². The van der Waals surface area contributed by atoms with Crippen LogP contribution in [-0.4, -0.2) is 23.5 Å². The molecule has 1 amide bonds. The Morgan fingerprint density at radius 3 is 2.52 bits per heavy atom. The molecule has 1 aliphatic heterocycles. The van der Waals surface area contributed by atoms with Gasteiger partial charge in [0.1, 0.15) is 0 Å². The van der Waals surface area contributed by atoms with Gasteiger partial charge in [-0.3, -0.25) is 9.59 Å². The minimum Gasteiger partial charge on any atom is -0.481 e. The van der Waals surface area contributed by atoms with Crippen LogP contribution in [0.3, 0.4) is 0 Å². The van der Waals surface area contributed by atoms with Crippen molar-refractivity contribution in [1.29, 1.82) is 0 Å². The van der Waals surface area contributed by atoms with E-state index in [9.17, 15) is 14.7 Å². The molecule has 2 atom stereocenters. The van der Waals surface area contributed by atoms with E-state index in [1.165, 1.54) is 5.56 Å². The molecule has 1 aromatic rings. The average Bonchev–Trinajstić information content (AvgIpc) is 2.53. The highest BCUT2D eigenvalue weighted by Gasteiger charge is 2.38. The second kappa shape index (κ2) is 5.88. The van der Waals surface area contributed by atoms with Crippen LogP contribution in [-0.2, 0) is 16.0 Å². The zero-order valence-corrected chi connectivity index (χ0v) is 12.1. The largest absolute Gasteiger partial charge is 0.481 e. The first-order valence-corrected chi connectivity index (χ1v) is 7.80. The lowest BCUT2D eigenvalue weighted by Crippen LogP contribution is -2.44. The number of aliphatic carboxylic acids is 1. The number of rotatable bonds is 2. The molecular formula is C17H21NO3. The normalized spacial score (nSPS) is 25.2. The maximum Gasteiger partial charge on any atom is 0.307 e. The average molecular weight is 287 g/mol. The summed E-state index contributed by atoms with van der Waals surface area (Å²) in [6, 6.07) is 7.97. The maximum absolute atomic E-state index is 12.9. The van der Waals surface area contributed by atoms with E-state index >= 15 is 0 Å². The van der Waals surface area contributed by atoms with Crippen LogP contribution in [0.4, 0.5) is 5.69 Å². The number of hydrogen-bond donors (Lipinski definition) is 1. The van der Waals surface area contributed by atoms with Crippen molar-refractivity contribution in [3.63, 3.8) is 0 Å². The summed E-state index contributed by atoms with van der Waals surface area (Å²) in [6.45, 7) is 0.707. The van der Waals surface area contributed by atoms with E-state index in [1.807, 2.05) is 23.1 Å². The van der Waals surface area contributed by atoms with Gasteiger partial charge in [-0.05, 0) is 37.3 Å². The third-order valence-electron chi connectivity index (χ3n) is 4.78. The number of hydrogen-bond acceptors (Lipinski definition) is 2. The Hall–Kier alpha value is -1.84. The number of nitrogens with zero attached hydrogens (tertiary/aromatic N) is 1. The van der Waals surface area contributed by atoms with Gasteiger partial charge in [0, 0.05) is 12.2 Å². The van der Waals surface area contributed by atoms with Crippen molar-refractivity contribution in [1.82, 2.24) is 0 Å². The lowest BCUT2D eigenvalue weighted by atomic mass is 9.78. The Labute approximate surface area is 124 Å². The third-order valence-corrected chi connectivity index (χ3v) is 4.78. The van der Waals surface area contributed by atoms with Crippen molar-refractivity contribution < 1.29 is 14.7 Å². The summed E-state index contributed by atoms with van der Waals surface area (Å²) >= 11 is 0. The number of fused-ring (bicyclic) bond motifs is 1. The SMILES string of the molecule is O=C(O)[C@H]1CCCC[C@H]1C(=O)N1CCCc2ccccc21. The highest BCUT2D eigenvalue weighted by Crippen LogP contribution is 2.35. The third kappa shape index (κ3) is 2.67. The summed E-state index contributed by atoms with van der Waals surface area (Å²) in [4.78, 5) is 26.1. The molecule has 0 aromatic heterocycles. The van der Waals surface area contributed by atoms with Gasteiger partial charge in [-0.25, -0.2) is 0 Å². The summed E-state index contributed by atoms with van der Waals surface area (Å²) < 4.78 is 0. The number of carbonyl (C=O) groups excluding carboxylic acids is 1. The van der Waals surface area contributed by atoms with E-state index in [1.54, 1.807) is 0 Å². The van der Waals surface area contributed by atoms with Gasteiger partial charge in [0.15, 0.2) is 0 Å². The molecule has 3 rings (SSSR count). The van der Waals surface area contributed by atoms with E-state index in [0.717, 1.165) is 31.4 Å². The summed E-state index contributed by atoms with van der Waals surface area (Å²) in [6.07, 6.45) is 5.14. The number of carbonyl (C=O) groups is 2. The lowest BCUT2D eigenvalue weighted by molar-refractivity contribution is -0.148. The number of carboxylic acids is 1. The van der Waals surface area contributed by atoms with E-state index in [4.69, 9.17) is 0 Å². The van der Waals surface area contributed by atoms with Crippen molar-refractivity contribution >= 4 is 17.6 Å². The molecule has 1 fully saturated rings. The number of benzene rings is 1. The van der Waals surface area contributed by atoms with Crippen LogP contribution in [0.1, 0.15) is 37.7 Å². The number of aryl methyl sites for hydroxylation is 1. The Bertz CT molecular complexity index is 555. The first kappa shape index (κ1) is 14.1. The van der Waals surface area contributed by atoms with Crippen molar-refractivity contribution in [2.75, 3.05) is 11.4 Å². The molecule has 4 heteroatoms. The van der Waals surface area contributed by atoms with Crippen molar-refractivity contribution in [3.05, 3.63) is 29.8 Å². The van der Waals surface area contributed by atoms with Gasteiger partial charge >= 0.3 is 5.97 Å². The maximum atomic E-state index is 12.9. The molecule has 112 valence electrons. The minimum absolute atomic E-state index is 0.00856. The molecule has 21 heavy (non-hydrogen) atoms. The quantitative estimate of drug-likeness (QED) is 0.910. The zero-order chi connectivity index (χ0) is 14.8. The number of amides is 1. The molecule has 0 spiro atoms. The second-order valence-corrected chi connectivity index (χ2v) is 6.06. The van der Waals surface area contributed by atoms with Crippen LogP contribution in [0.5, 0.6) is 0 Å². The van der Waals surface area contributed by atoms with Gasteiger partial charge in [0.05, 0.1) is 11.8 Å². The fourth-order valence-corrected chi connectivity index (χ4v) is 3.68. The zero-order valence-electron chi connectivity index (χ0n) is 12.1. The summed E-state index contributed by atoms with van der Waals surface area (Å²) in [5.74, 6) is -1.68. The van der Waals surface area contributed by atoms with Crippen LogP contribution < -0.4 is 4.90 Å². The summed E-state index contributed by atoms with van der Waals surface area (Å²) in [5, 5.41) is 9.38. The van der Waals surface area contributed by atoms with E-state index in [-0.39, 0.29) is 11.8 Å². The Morgan fingerprint density at radius 2 is 1.76 bits per heavy atom. The first-order chi connectivity index (χ1) is 10.2.